The van der Waals surface area contributed by atoms with Crippen LogP contribution in [-0.4, -0.2) is 0 Å². The van der Waals surface area contributed by atoms with Gasteiger partial charge in [-0.3, -0.25) is 0 Å². The number of nitrogens with zero attached hydrogens (tertiary/aromatic N) is 1. The van der Waals surface area contributed by atoms with Crippen molar-refractivity contribution in [1.82, 2.24) is 0 Å². The molecular formula is C47H46N2. The number of hydrogen-bond donors (Lipinski definition) is 1. The molecule has 5 aliphatic carbocycles. The Morgan fingerprint density at radius 3 is 2.55 bits per heavy atom. The van der Waals surface area contributed by atoms with Crippen molar-refractivity contribution >= 4 is 28.1 Å². The monoisotopic (exact) mass is 638 g/mol. The SMILES string of the molecule is CC1C=C(c2ccc3c(c2)=C(C2C=CC(N4c5ccccc5NC4c4ccccc4)=CC2C)C2CCCC=C2C=3C2=CC=CCC2)C=CC1. The summed E-state index contributed by atoms with van der Waals surface area (Å²) in [6.07, 6.45) is 31.4. The molecule has 0 radical (unpaired) electrons. The molecule has 0 fully saturated rings. The van der Waals surface area contributed by atoms with E-state index < -0.39 is 0 Å². The van der Waals surface area contributed by atoms with E-state index in [4.69, 9.17) is 0 Å². The van der Waals surface area contributed by atoms with Crippen LogP contribution in [0.25, 0.3) is 16.7 Å². The van der Waals surface area contributed by atoms with Gasteiger partial charge in [-0.1, -0.05) is 123 Å². The zero-order valence-electron chi connectivity index (χ0n) is 28.8. The number of nitrogens with one attached hydrogen (secondary N) is 1. The van der Waals surface area contributed by atoms with E-state index in [0.29, 0.717) is 23.7 Å². The summed E-state index contributed by atoms with van der Waals surface area (Å²) in [4.78, 5) is 2.51. The van der Waals surface area contributed by atoms with Gasteiger partial charge in [-0.05, 0) is 124 Å². The molecule has 0 saturated heterocycles. The third kappa shape index (κ3) is 5.33. The van der Waals surface area contributed by atoms with Crippen LogP contribution in [0.5, 0.6) is 0 Å². The summed E-state index contributed by atoms with van der Waals surface area (Å²) < 4.78 is 0. The molecule has 5 atom stereocenters. The molecular weight excluding hydrogens is 593 g/mol. The molecule has 0 saturated carbocycles. The second kappa shape index (κ2) is 12.6. The highest BCUT2D eigenvalue weighted by molar-refractivity contribution is 5.87. The Morgan fingerprint density at radius 1 is 0.837 bits per heavy atom. The second-order valence-electron chi connectivity index (χ2n) is 14.8. The summed E-state index contributed by atoms with van der Waals surface area (Å²) >= 11 is 0. The Hall–Kier alpha value is -4.82. The fourth-order valence-corrected chi connectivity index (χ4v) is 9.28. The molecule has 6 aliphatic rings. The average Bonchev–Trinajstić information content (AvgIpc) is 3.54. The molecule has 49 heavy (non-hydrogen) atoms. The van der Waals surface area contributed by atoms with Gasteiger partial charge in [0.1, 0.15) is 6.17 Å². The molecule has 0 spiro atoms. The predicted molar refractivity (Wildman–Crippen MR) is 207 cm³/mol. The zero-order valence-corrected chi connectivity index (χ0v) is 28.8. The molecule has 3 aromatic rings. The summed E-state index contributed by atoms with van der Waals surface area (Å²) in [7, 11) is 0. The second-order valence-corrected chi connectivity index (χ2v) is 14.8. The highest BCUT2D eigenvalue weighted by Gasteiger charge is 2.37. The minimum absolute atomic E-state index is 0.0611. The fourth-order valence-electron chi connectivity index (χ4n) is 9.28. The van der Waals surface area contributed by atoms with Crippen LogP contribution in [0.1, 0.15) is 69.7 Å². The van der Waals surface area contributed by atoms with Crippen molar-refractivity contribution in [3.8, 4) is 0 Å². The molecule has 5 unspecified atom stereocenters. The first-order valence-electron chi connectivity index (χ1n) is 18.6. The smallest absolute Gasteiger partial charge is 0.130 e. The van der Waals surface area contributed by atoms with E-state index in [0.717, 1.165) is 19.3 Å². The minimum atomic E-state index is 0.0611. The van der Waals surface area contributed by atoms with Crippen LogP contribution in [0.4, 0.5) is 11.4 Å². The summed E-state index contributed by atoms with van der Waals surface area (Å²) in [5.74, 6) is 1.71. The van der Waals surface area contributed by atoms with Gasteiger partial charge >= 0.3 is 0 Å². The number of para-hydroxylation sites is 2. The van der Waals surface area contributed by atoms with Crippen LogP contribution in [0.15, 0.2) is 150 Å². The third-order valence-corrected chi connectivity index (χ3v) is 11.6. The summed E-state index contributed by atoms with van der Waals surface area (Å²) in [6.45, 7) is 4.79. The molecule has 9 rings (SSSR count). The largest absolute Gasteiger partial charge is 0.359 e. The van der Waals surface area contributed by atoms with Gasteiger partial charge in [-0.2, -0.15) is 0 Å². The van der Waals surface area contributed by atoms with Crippen molar-refractivity contribution in [3.63, 3.8) is 0 Å². The average molecular weight is 639 g/mol. The van der Waals surface area contributed by atoms with Crippen molar-refractivity contribution in [1.29, 1.82) is 0 Å². The highest BCUT2D eigenvalue weighted by Crippen LogP contribution is 2.49. The third-order valence-electron chi connectivity index (χ3n) is 11.6. The van der Waals surface area contributed by atoms with Crippen LogP contribution in [-0.2, 0) is 0 Å². The Balaban J connectivity index is 1.20. The van der Waals surface area contributed by atoms with Gasteiger partial charge < -0.3 is 10.2 Å². The van der Waals surface area contributed by atoms with Crippen LogP contribution in [0, 0.1) is 23.7 Å². The van der Waals surface area contributed by atoms with Crippen molar-refractivity contribution < 1.29 is 0 Å². The molecule has 2 heteroatoms. The number of anilines is 2. The molecule has 3 aromatic carbocycles. The maximum Gasteiger partial charge on any atom is 0.130 e. The first-order chi connectivity index (χ1) is 24.1. The quantitative estimate of drug-likeness (QED) is 0.299. The van der Waals surface area contributed by atoms with Crippen molar-refractivity contribution in [2.45, 2.75) is 58.5 Å². The lowest BCUT2D eigenvalue weighted by atomic mass is 9.66. The maximum absolute atomic E-state index is 3.83. The van der Waals surface area contributed by atoms with Gasteiger partial charge in [0.15, 0.2) is 0 Å². The molecule has 2 nitrogen and oxygen atoms in total. The molecule has 0 amide bonds. The van der Waals surface area contributed by atoms with Crippen molar-refractivity contribution in [2.75, 3.05) is 10.2 Å². The number of rotatable bonds is 5. The van der Waals surface area contributed by atoms with E-state index in [1.165, 1.54) is 74.6 Å². The van der Waals surface area contributed by atoms with Crippen LogP contribution < -0.4 is 20.7 Å². The first kappa shape index (κ1) is 30.3. The van der Waals surface area contributed by atoms with Crippen LogP contribution in [0.2, 0.25) is 0 Å². The first-order valence-corrected chi connectivity index (χ1v) is 18.6. The Bertz CT molecular complexity index is 2150. The van der Waals surface area contributed by atoms with Gasteiger partial charge in [0, 0.05) is 17.5 Å². The van der Waals surface area contributed by atoms with Crippen molar-refractivity contribution in [2.24, 2.45) is 23.7 Å². The normalized spacial score (nSPS) is 27.0. The molecule has 0 bridgehead atoms. The van der Waals surface area contributed by atoms with E-state index in [9.17, 15) is 0 Å². The summed E-state index contributed by atoms with van der Waals surface area (Å²) in [5.41, 5.74) is 14.0. The van der Waals surface area contributed by atoms with E-state index in [-0.39, 0.29) is 6.17 Å². The van der Waals surface area contributed by atoms with Gasteiger partial charge in [0.2, 0.25) is 0 Å². The number of fused-ring (bicyclic) bond motifs is 3. The number of benzene rings is 3. The minimum Gasteiger partial charge on any atom is -0.359 e. The topological polar surface area (TPSA) is 15.3 Å². The number of allylic oxidation sites excluding steroid dienone is 13. The lowest BCUT2D eigenvalue weighted by Crippen LogP contribution is -2.41. The fraction of sp³-hybridized carbons (Fsp3) is 0.277. The Labute approximate surface area is 291 Å². The molecule has 1 aliphatic heterocycles. The molecule has 1 N–H and O–H groups in total. The standard InChI is InChI=1S/C47H46N2/c1-31-14-13-19-35(28-31)36-24-26-41-42(30-36)46(40-21-10-9-20-39(40)45(41)33-15-5-3-6-16-33)38-27-25-37(29-32(38)2)49-44-23-12-11-22-43(44)48-47(49)34-17-7-4-8-18-34/h3-5,7-8,11-13,15,17-20,22-32,38,40,47-48H,6,9-10,14,16,21H2,1-2H3. The van der Waals surface area contributed by atoms with Gasteiger partial charge in [-0.15, -0.1) is 0 Å². The Kier molecular flexibility index (Phi) is 7.76. The summed E-state index contributed by atoms with van der Waals surface area (Å²) in [5, 5.41) is 6.75. The predicted octanol–water partition coefficient (Wildman–Crippen LogP) is 10.3. The summed E-state index contributed by atoms with van der Waals surface area (Å²) in [6, 6.07) is 27.1. The molecule has 1 heterocycles. The van der Waals surface area contributed by atoms with Gasteiger partial charge in [-0.25, -0.2) is 0 Å². The van der Waals surface area contributed by atoms with Crippen LogP contribution >= 0.6 is 0 Å². The van der Waals surface area contributed by atoms with E-state index >= 15 is 0 Å². The number of hydrogen-bond acceptors (Lipinski definition) is 2. The van der Waals surface area contributed by atoms with Gasteiger partial charge in [0.05, 0.1) is 11.4 Å². The van der Waals surface area contributed by atoms with E-state index in [1.807, 2.05) is 0 Å². The Morgan fingerprint density at radius 2 is 1.71 bits per heavy atom. The van der Waals surface area contributed by atoms with Crippen LogP contribution in [0.3, 0.4) is 0 Å². The maximum atomic E-state index is 3.83. The van der Waals surface area contributed by atoms with Gasteiger partial charge in [0.25, 0.3) is 0 Å². The lowest BCUT2D eigenvalue weighted by molar-refractivity contribution is 0.532. The zero-order chi connectivity index (χ0) is 32.9. The van der Waals surface area contributed by atoms with E-state index in [2.05, 4.69) is 158 Å². The van der Waals surface area contributed by atoms with Crippen molar-refractivity contribution in [3.05, 3.63) is 172 Å². The molecule has 244 valence electrons. The highest BCUT2D eigenvalue weighted by atomic mass is 15.3. The molecule has 0 aromatic heterocycles. The van der Waals surface area contributed by atoms with E-state index in [1.54, 1.807) is 11.1 Å². The lowest BCUT2D eigenvalue weighted by Gasteiger charge is -2.39.